The highest BCUT2D eigenvalue weighted by Gasteiger charge is 2.40. The second-order valence-corrected chi connectivity index (χ2v) is 9.38. The number of sulfone groups is 1. The van der Waals surface area contributed by atoms with Crippen LogP contribution >= 0.6 is 0 Å². The van der Waals surface area contributed by atoms with E-state index in [1.807, 2.05) is 0 Å². The van der Waals surface area contributed by atoms with Crippen molar-refractivity contribution in [3.63, 3.8) is 0 Å². The minimum Gasteiger partial charge on any atom is -0.468 e. The van der Waals surface area contributed by atoms with Crippen molar-refractivity contribution in [1.29, 1.82) is 5.26 Å². The minimum atomic E-state index is -4.24. The van der Waals surface area contributed by atoms with Crippen LogP contribution in [0.2, 0.25) is 0 Å². The van der Waals surface area contributed by atoms with Gasteiger partial charge in [-0.15, -0.1) is 0 Å². The number of sulfonamides is 1. The Hall–Kier alpha value is -1.96. The molecule has 0 amide bonds. The lowest BCUT2D eigenvalue weighted by atomic mass is 10.2. The summed E-state index contributed by atoms with van der Waals surface area (Å²) in [6.07, 6.45) is 0.0906. The SMILES string of the molecule is COC(=O)CN([C@@H]1CCS(=O)(=O)C1)S(=O)(=O)c1ccccc1C#N. The van der Waals surface area contributed by atoms with Crippen molar-refractivity contribution in [2.45, 2.75) is 17.4 Å². The average Bonchev–Trinajstić information content (AvgIpc) is 2.91. The number of esters is 1. The van der Waals surface area contributed by atoms with Crippen molar-refractivity contribution < 1.29 is 26.4 Å². The van der Waals surface area contributed by atoms with E-state index in [0.29, 0.717) is 0 Å². The molecular weight excluding hydrogens is 356 g/mol. The summed E-state index contributed by atoms with van der Waals surface area (Å²) in [6.45, 7) is -0.612. The highest BCUT2D eigenvalue weighted by molar-refractivity contribution is 7.92. The van der Waals surface area contributed by atoms with E-state index in [-0.39, 0.29) is 28.4 Å². The monoisotopic (exact) mass is 372 g/mol. The lowest BCUT2D eigenvalue weighted by Crippen LogP contribution is -2.44. The summed E-state index contributed by atoms with van der Waals surface area (Å²) in [6, 6.07) is 6.48. The molecule has 0 aliphatic carbocycles. The van der Waals surface area contributed by atoms with E-state index in [4.69, 9.17) is 5.26 Å². The second kappa shape index (κ2) is 6.88. The zero-order valence-corrected chi connectivity index (χ0v) is 14.5. The molecule has 2 rings (SSSR count). The van der Waals surface area contributed by atoms with Crippen molar-refractivity contribution in [2.75, 3.05) is 25.2 Å². The van der Waals surface area contributed by atoms with Gasteiger partial charge in [-0.2, -0.15) is 9.57 Å². The van der Waals surface area contributed by atoms with E-state index < -0.39 is 38.4 Å². The van der Waals surface area contributed by atoms with Crippen LogP contribution in [0.4, 0.5) is 0 Å². The summed E-state index contributed by atoms with van der Waals surface area (Å²) in [7, 11) is -6.49. The Morgan fingerprint density at radius 3 is 2.62 bits per heavy atom. The van der Waals surface area contributed by atoms with Gasteiger partial charge in [0.25, 0.3) is 0 Å². The number of nitriles is 1. The molecule has 1 fully saturated rings. The number of carbonyl (C=O) groups is 1. The van der Waals surface area contributed by atoms with Crippen LogP contribution in [0.5, 0.6) is 0 Å². The standard InChI is InChI=1S/C14H16N2O6S2/c1-22-14(17)9-16(12-6-7-23(18,19)10-12)24(20,21)13-5-3-2-4-11(13)8-15/h2-5,12H,6-7,9-10H2,1H3/t12-/m1/s1. The van der Waals surface area contributed by atoms with E-state index in [2.05, 4.69) is 4.74 Å². The first-order valence-corrected chi connectivity index (χ1v) is 10.3. The van der Waals surface area contributed by atoms with Crippen molar-refractivity contribution in [2.24, 2.45) is 0 Å². The lowest BCUT2D eigenvalue weighted by molar-refractivity contribution is -0.141. The van der Waals surface area contributed by atoms with Crippen molar-refractivity contribution in [3.05, 3.63) is 29.8 Å². The molecule has 0 N–H and O–H groups in total. The predicted octanol–water partition coefficient (Wildman–Crippen LogP) is -0.0909. The molecule has 8 nitrogen and oxygen atoms in total. The second-order valence-electron chi connectivity index (χ2n) is 5.29. The molecule has 1 saturated heterocycles. The van der Waals surface area contributed by atoms with Crippen molar-refractivity contribution in [1.82, 2.24) is 4.31 Å². The normalized spacial score (nSPS) is 19.8. The van der Waals surface area contributed by atoms with Crippen LogP contribution in [0.25, 0.3) is 0 Å². The number of methoxy groups -OCH3 is 1. The van der Waals surface area contributed by atoms with Crippen molar-refractivity contribution in [3.8, 4) is 6.07 Å². The number of ether oxygens (including phenoxy) is 1. The van der Waals surface area contributed by atoms with E-state index >= 15 is 0 Å². The molecule has 1 aliphatic rings. The Labute approximate surface area is 140 Å². The molecule has 0 unspecified atom stereocenters. The van der Waals surface area contributed by atoms with Gasteiger partial charge in [0, 0.05) is 6.04 Å². The van der Waals surface area contributed by atoms with Crippen LogP contribution in [-0.4, -0.2) is 58.3 Å². The third-order valence-electron chi connectivity index (χ3n) is 3.72. The summed E-state index contributed by atoms with van der Waals surface area (Å²) in [5.74, 6) is -1.32. The van der Waals surface area contributed by atoms with E-state index in [1.165, 1.54) is 24.3 Å². The first-order chi connectivity index (χ1) is 11.2. The Morgan fingerprint density at radius 1 is 1.42 bits per heavy atom. The summed E-state index contributed by atoms with van der Waals surface area (Å²) < 4.78 is 54.6. The third-order valence-corrected chi connectivity index (χ3v) is 7.43. The number of carbonyl (C=O) groups excluding carboxylic acids is 1. The molecule has 0 radical (unpaired) electrons. The number of hydrogen-bond acceptors (Lipinski definition) is 7. The van der Waals surface area contributed by atoms with Crippen molar-refractivity contribution >= 4 is 25.8 Å². The van der Waals surface area contributed by atoms with E-state index in [0.717, 1.165) is 11.4 Å². The number of hydrogen-bond donors (Lipinski definition) is 0. The largest absolute Gasteiger partial charge is 0.468 e. The number of rotatable bonds is 5. The van der Waals surface area contributed by atoms with Crippen LogP contribution in [0, 0.1) is 11.3 Å². The lowest BCUT2D eigenvalue weighted by Gasteiger charge is -2.26. The summed E-state index contributed by atoms with van der Waals surface area (Å²) in [5, 5.41) is 9.12. The molecule has 1 aromatic carbocycles. The molecule has 10 heteroatoms. The van der Waals surface area contributed by atoms with E-state index in [9.17, 15) is 21.6 Å². The summed E-state index contributed by atoms with van der Waals surface area (Å²) in [5.41, 5.74) is -0.0757. The number of nitrogens with zero attached hydrogens (tertiary/aromatic N) is 2. The van der Waals surface area contributed by atoms with Crippen LogP contribution < -0.4 is 0 Å². The van der Waals surface area contributed by atoms with Gasteiger partial charge in [-0.25, -0.2) is 16.8 Å². The quantitative estimate of drug-likeness (QED) is 0.662. The molecule has 0 bridgehead atoms. The molecule has 1 aliphatic heterocycles. The average molecular weight is 372 g/mol. The maximum absolute atomic E-state index is 12.9. The fraction of sp³-hybridized carbons (Fsp3) is 0.429. The topological polar surface area (TPSA) is 122 Å². The molecular formula is C14H16N2O6S2. The van der Waals surface area contributed by atoms with Gasteiger partial charge in [0.05, 0.1) is 29.1 Å². The molecule has 0 spiro atoms. The molecule has 0 aromatic heterocycles. The van der Waals surface area contributed by atoms with Crippen LogP contribution in [0.3, 0.4) is 0 Å². The third kappa shape index (κ3) is 3.75. The number of benzene rings is 1. The van der Waals surface area contributed by atoms with Gasteiger partial charge in [-0.05, 0) is 18.6 Å². The Morgan fingerprint density at radius 2 is 2.08 bits per heavy atom. The highest BCUT2D eigenvalue weighted by Crippen LogP contribution is 2.26. The molecule has 1 heterocycles. The summed E-state index contributed by atoms with van der Waals surface area (Å²) in [4.78, 5) is 11.4. The first-order valence-electron chi connectivity index (χ1n) is 6.99. The van der Waals surface area contributed by atoms with Gasteiger partial charge in [0.1, 0.15) is 12.6 Å². The molecule has 130 valence electrons. The minimum absolute atomic E-state index is 0.0757. The summed E-state index contributed by atoms with van der Waals surface area (Å²) >= 11 is 0. The van der Waals surface area contributed by atoms with Crippen LogP contribution in [-0.2, 0) is 29.4 Å². The van der Waals surface area contributed by atoms with Crippen LogP contribution in [0.1, 0.15) is 12.0 Å². The van der Waals surface area contributed by atoms with Gasteiger partial charge in [-0.1, -0.05) is 12.1 Å². The zero-order chi connectivity index (χ0) is 18.0. The molecule has 1 atom stereocenters. The zero-order valence-electron chi connectivity index (χ0n) is 12.9. The predicted molar refractivity (Wildman–Crippen MR) is 84.1 cm³/mol. The van der Waals surface area contributed by atoms with Gasteiger partial charge in [0.2, 0.25) is 10.0 Å². The maximum Gasteiger partial charge on any atom is 0.321 e. The smallest absolute Gasteiger partial charge is 0.321 e. The van der Waals surface area contributed by atoms with Gasteiger partial charge >= 0.3 is 5.97 Å². The van der Waals surface area contributed by atoms with Gasteiger partial charge < -0.3 is 4.74 Å². The van der Waals surface area contributed by atoms with Gasteiger partial charge in [0.15, 0.2) is 9.84 Å². The fourth-order valence-electron chi connectivity index (χ4n) is 2.51. The molecule has 0 saturated carbocycles. The first kappa shape index (κ1) is 18.4. The molecule has 24 heavy (non-hydrogen) atoms. The Balaban J connectivity index is 2.50. The van der Waals surface area contributed by atoms with E-state index in [1.54, 1.807) is 6.07 Å². The Kier molecular flexibility index (Phi) is 5.27. The van der Waals surface area contributed by atoms with Gasteiger partial charge in [-0.3, -0.25) is 4.79 Å². The molecule has 1 aromatic rings. The maximum atomic E-state index is 12.9. The Bertz CT molecular complexity index is 886. The fourth-order valence-corrected chi connectivity index (χ4v) is 6.08. The highest BCUT2D eigenvalue weighted by atomic mass is 32.2. The van der Waals surface area contributed by atoms with Crippen LogP contribution in [0.15, 0.2) is 29.2 Å².